The highest BCUT2D eigenvalue weighted by molar-refractivity contribution is 5.56. The second-order valence-corrected chi connectivity index (χ2v) is 4.71. The van der Waals surface area contributed by atoms with E-state index in [1.54, 1.807) is 6.07 Å². The van der Waals surface area contributed by atoms with Gasteiger partial charge in [0.15, 0.2) is 0 Å². The average Bonchev–Trinajstić information content (AvgIpc) is 2.49. The first kappa shape index (κ1) is 16.4. The van der Waals surface area contributed by atoms with Crippen molar-refractivity contribution in [1.29, 1.82) is 0 Å². The summed E-state index contributed by atoms with van der Waals surface area (Å²) in [5, 5.41) is 10.9. The third kappa shape index (κ3) is 3.93. The van der Waals surface area contributed by atoms with Gasteiger partial charge in [-0.15, -0.1) is 0 Å². The summed E-state index contributed by atoms with van der Waals surface area (Å²) in [4.78, 5) is 15.2. The van der Waals surface area contributed by atoms with E-state index in [0.29, 0.717) is 6.42 Å². The van der Waals surface area contributed by atoms with Crippen LogP contribution in [0.5, 0.6) is 0 Å². The third-order valence-corrected chi connectivity index (χ3v) is 3.51. The molecule has 2 rings (SSSR count). The fourth-order valence-electron chi connectivity index (χ4n) is 2.29. The highest BCUT2D eigenvalue weighted by atomic mass is 16.6. The van der Waals surface area contributed by atoms with Crippen LogP contribution in [0.2, 0.25) is 0 Å². The molecular weight excluding hydrogens is 254 g/mol. The minimum atomic E-state index is -0.299. The van der Waals surface area contributed by atoms with Crippen molar-refractivity contribution in [3.8, 4) is 0 Å². The van der Waals surface area contributed by atoms with Gasteiger partial charge >= 0.3 is 0 Å². The van der Waals surface area contributed by atoms with Gasteiger partial charge in [-0.3, -0.25) is 10.1 Å². The average molecular weight is 279 g/mol. The summed E-state index contributed by atoms with van der Waals surface area (Å²) in [6, 6.07) is 5.46. The van der Waals surface area contributed by atoms with E-state index in [1.165, 1.54) is 0 Å². The fraction of sp³-hybridized carbons (Fsp3) is 0.600. The van der Waals surface area contributed by atoms with Gasteiger partial charge in [0.25, 0.3) is 5.69 Å². The van der Waals surface area contributed by atoms with E-state index in [0.717, 1.165) is 37.4 Å². The number of anilines is 1. The molecule has 0 saturated carbocycles. The topological polar surface area (TPSA) is 49.6 Å². The molecule has 1 heterocycles. The number of nitro groups is 1. The summed E-state index contributed by atoms with van der Waals surface area (Å²) in [7, 11) is 2.12. The third-order valence-electron chi connectivity index (χ3n) is 3.51. The quantitative estimate of drug-likeness (QED) is 0.630. The van der Waals surface area contributed by atoms with E-state index in [4.69, 9.17) is 0 Å². The zero-order valence-corrected chi connectivity index (χ0v) is 12.9. The minimum absolute atomic E-state index is 0.232. The highest BCUT2D eigenvalue weighted by Gasteiger charge is 2.18. The maximum atomic E-state index is 10.9. The summed E-state index contributed by atoms with van der Waals surface area (Å²) in [6.45, 7) is 10.0. The molecule has 0 spiro atoms. The van der Waals surface area contributed by atoms with Gasteiger partial charge in [-0.25, -0.2) is 0 Å². The molecule has 1 aromatic rings. The molecule has 5 heteroatoms. The maximum absolute atomic E-state index is 10.9. The van der Waals surface area contributed by atoms with Crippen molar-refractivity contribution in [3.63, 3.8) is 0 Å². The van der Waals surface area contributed by atoms with Crippen molar-refractivity contribution in [3.05, 3.63) is 33.9 Å². The molecule has 0 aliphatic carbocycles. The van der Waals surface area contributed by atoms with E-state index >= 15 is 0 Å². The molecule has 5 nitrogen and oxygen atoms in total. The Kier molecular flexibility index (Phi) is 6.45. The largest absolute Gasteiger partial charge is 0.369 e. The first-order valence-corrected chi connectivity index (χ1v) is 7.32. The first-order chi connectivity index (χ1) is 9.61. The van der Waals surface area contributed by atoms with Crippen molar-refractivity contribution in [2.24, 2.45) is 0 Å². The Bertz CT molecular complexity index is 441. The number of hydrogen-bond donors (Lipinski definition) is 0. The lowest BCUT2D eigenvalue weighted by molar-refractivity contribution is -0.385. The van der Waals surface area contributed by atoms with E-state index in [-0.39, 0.29) is 10.6 Å². The second kappa shape index (κ2) is 7.85. The Balaban J connectivity index is 0.000000956. The molecular formula is C15H25N3O2. The molecule has 0 unspecified atom stereocenters. The summed E-state index contributed by atoms with van der Waals surface area (Å²) < 4.78 is 0. The SMILES string of the molecule is CC.CCc1cc(N2CCN(C)CC2)ccc1[N+](=O)[O-]. The monoisotopic (exact) mass is 279 g/mol. The standard InChI is InChI=1S/C13H19N3O2.C2H6/c1-3-11-10-12(4-5-13(11)16(17)18)15-8-6-14(2)7-9-15;1-2/h4-5,10H,3,6-9H2,1-2H3;1-2H3. The van der Waals surface area contributed by atoms with Crippen LogP contribution in [-0.4, -0.2) is 43.0 Å². The van der Waals surface area contributed by atoms with Gasteiger partial charge in [0.2, 0.25) is 0 Å². The van der Waals surface area contributed by atoms with E-state index in [2.05, 4.69) is 16.8 Å². The Morgan fingerprint density at radius 1 is 1.20 bits per heavy atom. The molecule has 0 bridgehead atoms. The minimum Gasteiger partial charge on any atom is -0.369 e. The fourth-order valence-corrected chi connectivity index (χ4v) is 2.29. The second-order valence-electron chi connectivity index (χ2n) is 4.71. The maximum Gasteiger partial charge on any atom is 0.272 e. The van der Waals surface area contributed by atoms with Crippen molar-refractivity contribution < 1.29 is 4.92 Å². The molecule has 1 saturated heterocycles. The van der Waals surface area contributed by atoms with Crippen molar-refractivity contribution >= 4 is 11.4 Å². The lowest BCUT2D eigenvalue weighted by atomic mass is 10.1. The zero-order valence-electron chi connectivity index (χ0n) is 12.9. The van der Waals surface area contributed by atoms with Crippen LogP contribution in [-0.2, 0) is 6.42 Å². The summed E-state index contributed by atoms with van der Waals surface area (Å²) in [5.41, 5.74) is 2.15. The number of piperazine rings is 1. The predicted molar refractivity (Wildman–Crippen MR) is 83.5 cm³/mol. The summed E-state index contributed by atoms with van der Waals surface area (Å²) in [5.74, 6) is 0. The summed E-state index contributed by atoms with van der Waals surface area (Å²) >= 11 is 0. The predicted octanol–water partition coefficient (Wildman–Crippen LogP) is 2.94. The molecule has 0 aromatic heterocycles. The normalized spacial score (nSPS) is 15.5. The molecule has 1 aromatic carbocycles. The number of likely N-dealkylation sites (N-methyl/N-ethyl adjacent to an activating group) is 1. The van der Waals surface area contributed by atoms with Crippen LogP contribution in [0, 0.1) is 10.1 Å². The number of hydrogen-bond acceptors (Lipinski definition) is 4. The van der Waals surface area contributed by atoms with Crippen LogP contribution in [0.4, 0.5) is 11.4 Å². The van der Waals surface area contributed by atoms with E-state index in [9.17, 15) is 10.1 Å². The number of nitrogens with zero attached hydrogens (tertiary/aromatic N) is 3. The number of aryl methyl sites for hydroxylation is 1. The molecule has 1 fully saturated rings. The Morgan fingerprint density at radius 2 is 1.80 bits per heavy atom. The van der Waals surface area contributed by atoms with Crippen molar-refractivity contribution in [2.45, 2.75) is 27.2 Å². The smallest absolute Gasteiger partial charge is 0.272 e. The summed E-state index contributed by atoms with van der Waals surface area (Å²) in [6.07, 6.45) is 0.692. The van der Waals surface area contributed by atoms with Crippen LogP contribution < -0.4 is 4.90 Å². The van der Waals surface area contributed by atoms with Crippen LogP contribution >= 0.6 is 0 Å². The Hall–Kier alpha value is -1.62. The molecule has 20 heavy (non-hydrogen) atoms. The van der Waals surface area contributed by atoms with Gasteiger partial charge in [0, 0.05) is 43.5 Å². The van der Waals surface area contributed by atoms with Gasteiger partial charge in [0.05, 0.1) is 4.92 Å². The van der Waals surface area contributed by atoms with Crippen LogP contribution in [0.25, 0.3) is 0 Å². The van der Waals surface area contributed by atoms with Gasteiger partial charge < -0.3 is 9.80 Å². The molecule has 1 aliphatic rings. The zero-order chi connectivity index (χ0) is 15.1. The van der Waals surface area contributed by atoms with Crippen LogP contribution in [0.1, 0.15) is 26.3 Å². The van der Waals surface area contributed by atoms with Gasteiger partial charge in [0.1, 0.15) is 0 Å². The molecule has 0 atom stereocenters. The molecule has 0 amide bonds. The first-order valence-electron chi connectivity index (χ1n) is 7.32. The van der Waals surface area contributed by atoms with Crippen LogP contribution in [0.3, 0.4) is 0 Å². The van der Waals surface area contributed by atoms with Crippen molar-refractivity contribution in [1.82, 2.24) is 4.90 Å². The molecule has 1 aliphatic heterocycles. The number of rotatable bonds is 3. The van der Waals surface area contributed by atoms with Crippen molar-refractivity contribution in [2.75, 3.05) is 38.1 Å². The molecule has 0 radical (unpaired) electrons. The lowest BCUT2D eigenvalue weighted by Crippen LogP contribution is -2.44. The highest BCUT2D eigenvalue weighted by Crippen LogP contribution is 2.26. The lowest BCUT2D eigenvalue weighted by Gasteiger charge is -2.34. The van der Waals surface area contributed by atoms with Gasteiger partial charge in [-0.2, -0.15) is 0 Å². The number of nitro benzene ring substituents is 1. The van der Waals surface area contributed by atoms with E-state index in [1.807, 2.05) is 32.9 Å². The number of benzene rings is 1. The van der Waals surface area contributed by atoms with E-state index < -0.39 is 0 Å². The molecule has 0 N–H and O–H groups in total. The van der Waals surface area contributed by atoms with Gasteiger partial charge in [-0.05, 0) is 25.6 Å². The van der Waals surface area contributed by atoms with Gasteiger partial charge in [-0.1, -0.05) is 20.8 Å². The Morgan fingerprint density at radius 3 is 2.30 bits per heavy atom. The van der Waals surface area contributed by atoms with Crippen LogP contribution in [0.15, 0.2) is 18.2 Å². The Labute approximate surface area is 121 Å². The molecule has 112 valence electrons.